The first kappa shape index (κ1) is 18.9. The molecule has 1 aromatic heterocycles. The third kappa shape index (κ3) is 3.39. The quantitative estimate of drug-likeness (QED) is 0.578. The second-order valence-corrected chi connectivity index (χ2v) is 7.16. The zero-order valence-electron chi connectivity index (χ0n) is 14.0. The van der Waals surface area contributed by atoms with Gasteiger partial charge < -0.3 is 19.0 Å². The summed E-state index contributed by atoms with van der Waals surface area (Å²) < 4.78 is 11.5. The highest BCUT2D eigenvalue weighted by molar-refractivity contribution is 7.71. The first-order valence-corrected chi connectivity index (χ1v) is 9.01. The largest absolute Gasteiger partial charge is 0.464 e. The molecular weight excluding hydrogens is 399 g/mol. The number of rotatable bonds is 5. The molecule has 1 N–H and O–H groups in total. The lowest BCUT2D eigenvalue weighted by atomic mass is 10.0. The number of halogens is 2. The second-order valence-electron chi connectivity index (χ2n) is 5.96. The highest BCUT2D eigenvalue weighted by Crippen LogP contribution is 2.45. The summed E-state index contributed by atoms with van der Waals surface area (Å²) >= 11 is 17.6. The van der Waals surface area contributed by atoms with E-state index in [0.717, 1.165) is 18.4 Å². The van der Waals surface area contributed by atoms with Crippen molar-refractivity contribution in [2.45, 2.75) is 18.9 Å². The molecule has 1 aromatic carbocycles. The van der Waals surface area contributed by atoms with Gasteiger partial charge in [0.15, 0.2) is 16.2 Å². The van der Waals surface area contributed by atoms with E-state index in [9.17, 15) is 9.59 Å². The molecule has 1 atom stereocenters. The van der Waals surface area contributed by atoms with E-state index in [-0.39, 0.29) is 28.1 Å². The molecule has 0 saturated heterocycles. The first-order valence-electron chi connectivity index (χ1n) is 7.85. The number of imidazole rings is 1. The molecule has 1 aliphatic rings. The van der Waals surface area contributed by atoms with E-state index >= 15 is 0 Å². The highest BCUT2D eigenvalue weighted by Gasteiger charge is 2.38. The fourth-order valence-electron chi connectivity index (χ4n) is 3.00. The van der Waals surface area contributed by atoms with Crippen molar-refractivity contribution in [2.24, 2.45) is 5.92 Å². The topological polar surface area (TPSA) is 73.3 Å². The number of esters is 2. The minimum absolute atomic E-state index is 0.0324. The van der Waals surface area contributed by atoms with Gasteiger partial charge in [0.2, 0.25) is 0 Å². The molecule has 9 heteroatoms. The monoisotopic (exact) mass is 414 g/mol. The smallest absolute Gasteiger partial charge is 0.357 e. The summed E-state index contributed by atoms with van der Waals surface area (Å²) in [4.78, 5) is 27.3. The Morgan fingerprint density at radius 2 is 1.85 bits per heavy atom. The second kappa shape index (κ2) is 7.42. The number of ether oxygens (including phenoxy) is 2. The summed E-state index contributed by atoms with van der Waals surface area (Å²) in [6.07, 6.45) is 1.93. The number of hydrogen-bond donors (Lipinski definition) is 1. The number of carbonyl (C=O) groups is 2. The van der Waals surface area contributed by atoms with Crippen molar-refractivity contribution in [3.8, 4) is 0 Å². The van der Waals surface area contributed by atoms with Gasteiger partial charge in [0, 0.05) is 0 Å². The number of benzene rings is 1. The van der Waals surface area contributed by atoms with Crippen molar-refractivity contribution in [1.82, 2.24) is 9.55 Å². The van der Waals surface area contributed by atoms with E-state index in [0.29, 0.717) is 10.0 Å². The minimum Gasteiger partial charge on any atom is -0.464 e. The maximum atomic E-state index is 12.4. The molecule has 6 nitrogen and oxygen atoms in total. The van der Waals surface area contributed by atoms with Crippen LogP contribution < -0.4 is 0 Å². The summed E-state index contributed by atoms with van der Waals surface area (Å²) in [6.45, 7) is 0. The molecule has 26 heavy (non-hydrogen) atoms. The summed E-state index contributed by atoms with van der Waals surface area (Å²) in [5, 5.41) is 0.843. The van der Waals surface area contributed by atoms with Crippen molar-refractivity contribution >= 4 is 47.4 Å². The predicted octanol–water partition coefficient (Wildman–Crippen LogP) is 4.43. The first-order chi connectivity index (χ1) is 12.4. The Hall–Kier alpha value is -1.83. The van der Waals surface area contributed by atoms with Crippen LogP contribution in [0.2, 0.25) is 10.0 Å². The Labute approximate surface area is 165 Å². The zero-order valence-corrected chi connectivity index (χ0v) is 16.4. The Morgan fingerprint density at radius 3 is 2.38 bits per heavy atom. The third-order valence-electron chi connectivity index (χ3n) is 4.33. The van der Waals surface area contributed by atoms with Gasteiger partial charge in [-0.3, -0.25) is 0 Å². The lowest BCUT2D eigenvalue weighted by Crippen LogP contribution is -2.21. The number of hydrogen-bond acceptors (Lipinski definition) is 5. The van der Waals surface area contributed by atoms with Crippen LogP contribution in [0.25, 0.3) is 0 Å². The summed E-state index contributed by atoms with van der Waals surface area (Å²) in [5.74, 6) is -1.12. The van der Waals surface area contributed by atoms with E-state index < -0.39 is 11.9 Å². The zero-order chi connectivity index (χ0) is 19.0. The van der Waals surface area contributed by atoms with Gasteiger partial charge >= 0.3 is 11.9 Å². The Balaban J connectivity index is 2.23. The molecular formula is C17H16Cl2N2O4S. The lowest BCUT2D eigenvalue weighted by Gasteiger charge is -2.21. The Bertz CT molecular complexity index is 933. The standard InChI is InChI=1S/C17H16Cl2N2O4S/c1-24-15(22)12-14(16(23)25-2)21(17(26)20-12)13(8-3-4-8)9-5-6-10(18)11(19)7-9/h5-8,13H,3-4H2,1-2H3,(H,20,26). The SMILES string of the molecule is COC(=O)c1[nH]c(=S)n(C(c2ccc(Cl)c(Cl)c2)C2CC2)c1C(=O)OC. The van der Waals surface area contributed by atoms with Gasteiger partial charge in [-0.15, -0.1) is 0 Å². The van der Waals surface area contributed by atoms with Crippen LogP contribution >= 0.6 is 35.4 Å². The molecule has 0 amide bonds. The van der Waals surface area contributed by atoms with Gasteiger partial charge in [-0.05, 0) is 48.7 Å². The molecule has 0 aliphatic heterocycles. The van der Waals surface area contributed by atoms with Crippen LogP contribution in [0.15, 0.2) is 18.2 Å². The molecule has 2 aromatic rings. The van der Waals surface area contributed by atoms with Crippen LogP contribution in [0, 0.1) is 10.7 Å². The molecule has 1 saturated carbocycles. The number of carbonyl (C=O) groups excluding carboxylic acids is 2. The van der Waals surface area contributed by atoms with Crippen LogP contribution in [0.5, 0.6) is 0 Å². The number of aromatic nitrogens is 2. The third-order valence-corrected chi connectivity index (χ3v) is 5.37. The average molecular weight is 415 g/mol. The molecule has 1 unspecified atom stereocenters. The summed E-state index contributed by atoms with van der Waals surface area (Å²) in [5.41, 5.74) is 0.848. The fraction of sp³-hybridized carbons (Fsp3) is 0.353. The van der Waals surface area contributed by atoms with E-state index in [1.807, 2.05) is 6.07 Å². The molecule has 0 spiro atoms. The van der Waals surface area contributed by atoms with Crippen molar-refractivity contribution in [2.75, 3.05) is 14.2 Å². The van der Waals surface area contributed by atoms with Gasteiger partial charge in [0.1, 0.15) is 0 Å². The van der Waals surface area contributed by atoms with Gasteiger partial charge in [0.05, 0.1) is 30.3 Å². The molecule has 0 radical (unpaired) electrons. The lowest BCUT2D eigenvalue weighted by molar-refractivity contribution is 0.0542. The molecule has 1 fully saturated rings. The molecule has 0 bridgehead atoms. The van der Waals surface area contributed by atoms with E-state index in [2.05, 4.69) is 4.98 Å². The van der Waals surface area contributed by atoms with Crippen molar-refractivity contribution in [3.05, 3.63) is 50.0 Å². The summed E-state index contributed by atoms with van der Waals surface area (Å²) in [7, 11) is 2.48. The average Bonchev–Trinajstić information content (AvgIpc) is 3.40. The Morgan fingerprint density at radius 1 is 1.19 bits per heavy atom. The highest BCUT2D eigenvalue weighted by atomic mass is 35.5. The number of methoxy groups -OCH3 is 2. The predicted molar refractivity (Wildman–Crippen MR) is 99.6 cm³/mol. The van der Waals surface area contributed by atoms with Crippen molar-refractivity contribution < 1.29 is 19.1 Å². The van der Waals surface area contributed by atoms with Gasteiger partial charge in [-0.2, -0.15) is 0 Å². The van der Waals surface area contributed by atoms with Crippen LogP contribution in [-0.4, -0.2) is 35.7 Å². The van der Waals surface area contributed by atoms with Crippen LogP contribution in [0.4, 0.5) is 0 Å². The maximum absolute atomic E-state index is 12.4. The number of aromatic amines is 1. The number of nitrogens with one attached hydrogen (secondary N) is 1. The maximum Gasteiger partial charge on any atom is 0.357 e. The van der Waals surface area contributed by atoms with E-state index in [4.69, 9.17) is 44.9 Å². The molecule has 3 rings (SSSR count). The fourth-order valence-corrected chi connectivity index (χ4v) is 3.61. The van der Waals surface area contributed by atoms with Gasteiger partial charge in [0.25, 0.3) is 0 Å². The minimum atomic E-state index is -0.695. The summed E-state index contributed by atoms with van der Waals surface area (Å²) in [6, 6.07) is 5.01. The van der Waals surface area contributed by atoms with E-state index in [1.54, 1.807) is 16.7 Å². The Kier molecular flexibility index (Phi) is 5.41. The molecule has 1 aliphatic carbocycles. The molecule has 138 valence electrons. The van der Waals surface area contributed by atoms with Gasteiger partial charge in [-0.25, -0.2) is 9.59 Å². The van der Waals surface area contributed by atoms with Crippen molar-refractivity contribution in [3.63, 3.8) is 0 Å². The van der Waals surface area contributed by atoms with Gasteiger partial charge in [-0.1, -0.05) is 29.3 Å². The molecule has 1 heterocycles. The van der Waals surface area contributed by atoms with Crippen LogP contribution in [0.1, 0.15) is 45.4 Å². The van der Waals surface area contributed by atoms with E-state index in [1.165, 1.54) is 14.2 Å². The number of H-pyrrole nitrogens is 1. The van der Waals surface area contributed by atoms with Crippen LogP contribution in [-0.2, 0) is 9.47 Å². The van der Waals surface area contributed by atoms with Crippen molar-refractivity contribution in [1.29, 1.82) is 0 Å². The van der Waals surface area contributed by atoms with Crippen LogP contribution in [0.3, 0.4) is 0 Å². The number of nitrogens with zero attached hydrogens (tertiary/aromatic N) is 1. The normalized spacial score (nSPS) is 14.8.